The summed E-state index contributed by atoms with van der Waals surface area (Å²) in [5.41, 5.74) is 5.36. The average molecular weight is 285 g/mol. The van der Waals surface area contributed by atoms with Gasteiger partial charge in [-0.3, -0.25) is 0 Å². The number of benzene rings is 2. The van der Waals surface area contributed by atoms with E-state index in [1.54, 1.807) is 0 Å². The van der Waals surface area contributed by atoms with E-state index in [2.05, 4.69) is 43.1 Å². The summed E-state index contributed by atoms with van der Waals surface area (Å²) in [4.78, 5) is 2.18. The minimum Gasteiger partial charge on any atom is -0.370 e. The van der Waals surface area contributed by atoms with Gasteiger partial charge in [0, 0.05) is 25.2 Å². The van der Waals surface area contributed by atoms with E-state index in [1.807, 2.05) is 24.3 Å². The van der Waals surface area contributed by atoms with E-state index in [0.29, 0.717) is 11.4 Å². The number of anilines is 1. The van der Waals surface area contributed by atoms with Crippen LogP contribution >= 0.6 is 11.6 Å². The molecule has 20 heavy (non-hydrogen) atoms. The van der Waals surface area contributed by atoms with Crippen molar-refractivity contribution in [2.45, 2.75) is 19.3 Å². The Bertz CT molecular complexity index is 644. The molecule has 3 heteroatoms. The number of nitrogens with zero attached hydrogens (tertiary/aromatic N) is 2. The van der Waals surface area contributed by atoms with Crippen molar-refractivity contribution in [1.82, 2.24) is 0 Å². The van der Waals surface area contributed by atoms with Crippen LogP contribution in [0, 0.1) is 18.3 Å². The lowest BCUT2D eigenvalue weighted by molar-refractivity contribution is 0.916. The molecule has 0 bridgehead atoms. The molecule has 0 amide bonds. The van der Waals surface area contributed by atoms with Crippen LogP contribution in [0.25, 0.3) is 0 Å². The van der Waals surface area contributed by atoms with Gasteiger partial charge in [-0.1, -0.05) is 24.3 Å². The number of hydrogen-bond acceptors (Lipinski definition) is 2. The first kappa shape index (κ1) is 14.4. The van der Waals surface area contributed by atoms with Crippen LogP contribution < -0.4 is 4.90 Å². The largest absolute Gasteiger partial charge is 0.370 e. The van der Waals surface area contributed by atoms with Crippen molar-refractivity contribution in [3.63, 3.8) is 0 Å². The Morgan fingerprint density at radius 3 is 2.60 bits per heavy atom. The van der Waals surface area contributed by atoms with Gasteiger partial charge in [0.1, 0.15) is 0 Å². The highest BCUT2D eigenvalue weighted by Gasteiger charge is 2.06. The predicted molar refractivity (Wildman–Crippen MR) is 84.0 cm³/mol. The van der Waals surface area contributed by atoms with E-state index in [1.165, 1.54) is 11.3 Å². The molecule has 2 aromatic rings. The van der Waals surface area contributed by atoms with Gasteiger partial charge < -0.3 is 4.90 Å². The molecule has 0 radical (unpaired) electrons. The van der Waals surface area contributed by atoms with E-state index >= 15 is 0 Å². The molecule has 102 valence electrons. The second kappa shape index (κ2) is 6.45. The highest BCUT2D eigenvalue weighted by molar-refractivity contribution is 6.17. The number of nitriles is 1. The van der Waals surface area contributed by atoms with Gasteiger partial charge in [0.25, 0.3) is 0 Å². The molecule has 0 aliphatic rings. The predicted octanol–water partition coefficient (Wildman–Crippen LogP) is 4.24. The van der Waals surface area contributed by atoms with Gasteiger partial charge in [-0.25, -0.2) is 0 Å². The van der Waals surface area contributed by atoms with E-state index in [9.17, 15) is 0 Å². The Morgan fingerprint density at radius 1 is 1.15 bits per heavy atom. The smallest absolute Gasteiger partial charge is 0.0991 e. The second-order valence-corrected chi connectivity index (χ2v) is 5.19. The summed E-state index contributed by atoms with van der Waals surface area (Å²) < 4.78 is 0. The van der Waals surface area contributed by atoms with Crippen LogP contribution in [0.3, 0.4) is 0 Å². The van der Waals surface area contributed by atoms with Crippen LogP contribution in [-0.2, 0) is 12.4 Å². The molecule has 2 nitrogen and oxygen atoms in total. The van der Waals surface area contributed by atoms with Gasteiger partial charge >= 0.3 is 0 Å². The fourth-order valence-electron chi connectivity index (χ4n) is 2.33. The molecule has 0 spiro atoms. The molecule has 0 atom stereocenters. The Balaban J connectivity index is 2.19. The first-order valence-electron chi connectivity index (χ1n) is 6.49. The topological polar surface area (TPSA) is 27.0 Å². The molecule has 0 N–H and O–H groups in total. The van der Waals surface area contributed by atoms with Gasteiger partial charge in [0.2, 0.25) is 0 Å². The lowest BCUT2D eigenvalue weighted by Gasteiger charge is -2.22. The molecular formula is C17H17ClN2. The molecule has 2 rings (SSSR count). The van der Waals surface area contributed by atoms with Gasteiger partial charge in [0.15, 0.2) is 0 Å². The zero-order valence-electron chi connectivity index (χ0n) is 11.7. The van der Waals surface area contributed by atoms with Crippen LogP contribution in [-0.4, -0.2) is 7.05 Å². The van der Waals surface area contributed by atoms with E-state index in [4.69, 9.17) is 16.9 Å². The van der Waals surface area contributed by atoms with Crippen molar-refractivity contribution < 1.29 is 0 Å². The van der Waals surface area contributed by atoms with Gasteiger partial charge in [0.05, 0.1) is 11.6 Å². The molecular weight excluding hydrogens is 268 g/mol. The fraction of sp³-hybridized carbons (Fsp3) is 0.235. The van der Waals surface area contributed by atoms with Crippen molar-refractivity contribution in [2.75, 3.05) is 11.9 Å². The van der Waals surface area contributed by atoms with Crippen molar-refractivity contribution in [2.24, 2.45) is 0 Å². The van der Waals surface area contributed by atoms with Crippen LogP contribution in [0.5, 0.6) is 0 Å². The lowest BCUT2D eigenvalue weighted by atomic mass is 10.1. The Labute approximate surface area is 125 Å². The van der Waals surface area contributed by atoms with Crippen molar-refractivity contribution in [3.05, 3.63) is 64.7 Å². The molecule has 0 saturated heterocycles. The number of aryl methyl sites for hydroxylation is 1. The average Bonchev–Trinajstić information content (AvgIpc) is 2.47. The van der Waals surface area contributed by atoms with Crippen molar-refractivity contribution in [1.29, 1.82) is 5.26 Å². The molecule has 0 aliphatic carbocycles. The van der Waals surface area contributed by atoms with Gasteiger partial charge in [-0.15, -0.1) is 11.6 Å². The maximum atomic E-state index is 8.94. The second-order valence-electron chi connectivity index (χ2n) is 4.92. The van der Waals surface area contributed by atoms with Crippen molar-refractivity contribution in [3.8, 4) is 6.07 Å². The molecule has 0 fully saturated rings. The third-order valence-electron chi connectivity index (χ3n) is 3.30. The molecule has 0 aromatic heterocycles. The first-order chi connectivity index (χ1) is 9.63. The Hall–Kier alpha value is -1.98. The zero-order chi connectivity index (χ0) is 14.5. The Kier molecular flexibility index (Phi) is 4.65. The van der Waals surface area contributed by atoms with Crippen LogP contribution in [0.1, 0.15) is 22.3 Å². The molecule has 0 aliphatic heterocycles. The third kappa shape index (κ3) is 3.31. The number of halogens is 1. The Morgan fingerprint density at radius 2 is 1.95 bits per heavy atom. The normalized spacial score (nSPS) is 10.1. The maximum absolute atomic E-state index is 8.94. The number of hydrogen-bond donors (Lipinski definition) is 0. The van der Waals surface area contributed by atoms with Crippen LogP contribution in [0.15, 0.2) is 42.5 Å². The SMILES string of the molecule is Cc1cc(CCl)ccc1N(C)Cc1cccc(C#N)c1. The molecule has 0 saturated carbocycles. The maximum Gasteiger partial charge on any atom is 0.0991 e. The van der Waals surface area contributed by atoms with Crippen LogP contribution in [0.4, 0.5) is 5.69 Å². The molecule has 2 aromatic carbocycles. The third-order valence-corrected chi connectivity index (χ3v) is 3.61. The first-order valence-corrected chi connectivity index (χ1v) is 7.03. The summed E-state index contributed by atoms with van der Waals surface area (Å²) >= 11 is 5.85. The van der Waals surface area contributed by atoms with E-state index < -0.39 is 0 Å². The van der Waals surface area contributed by atoms with Crippen molar-refractivity contribution >= 4 is 17.3 Å². The fourth-order valence-corrected chi connectivity index (χ4v) is 2.49. The highest BCUT2D eigenvalue weighted by Crippen LogP contribution is 2.22. The van der Waals surface area contributed by atoms with E-state index in [-0.39, 0.29) is 0 Å². The number of rotatable bonds is 4. The zero-order valence-corrected chi connectivity index (χ0v) is 12.5. The van der Waals surface area contributed by atoms with Crippen LogP contribution in [0.2, 0.25) is 0 Å². The molecule has 0 heterocycles. The lowest BCUT2D eigenvalue weighted by Crippen LogP contribution is -2.17. The standard InChI is InChI=1S/C17H17ClN2/c1-13-8-14(10-18)6-7-17(13)20(2)12-16-5-3-4-15(9-16)11-19/h3-9H,10,12H2,1-2H3. The minimum atomic E-state index is 0.537. The summed E-state index contributed by atoms with van der Waals surface area (Å²) in [5, 5.41) is 8.94. The summed E-state index contributed by atoms with van der Waals surface area (Å²) in [6, 6.07) is 16.2. The molecule has 0 unspecified atom stereocenters. The quantitative estimate of drug-likeness (QED) is 0.785. The monoisotopic (exact) mass is 284 g/mol. The van der Waals surface area contributed by atoms with E-state index in [0.717, 1.165) is 17.7 Å². The highest BCUT2D eigenvalue weighted by atomic mass is 35.5. The summed E-state index contributed by atoms with van der Waals surface area (Å²) in [5.74, 6) is 0.537. The summed E-state index contributed by atoms with van der Waals surface area (Å²) in [6.07, 6.45) is 0. The summed E-state index contributed by atoms with van der Waals surface area (Å²) in [6.45, 7) is 2.87. The number of alkyl halides is 1. The summed E-state index contributed by atoms with van der Waals surface area (Å²) in [7, 11) is 2.06. The van der Waals surface area contributed by atoms with Gasteiger partial charge in [-0.05, 0) is 41.8 Å². The van der Waals surface area contributed by atoms with Gasteiger partial charge in [-0.2, -0.15) is 5.26 Å². The minimum absolute atomic E-state index is 0.537.